The number of anilines is 2. The maximum absolute atomic E-state index is 5.49. The van der Waals surface area contributed by atoms with Gasteiger partial charge in [-0.25, -0.2) is 10.8 Å². The van der Waals surface area contributed by atoms with E-state index in [2.05, 4.69) is 47.1 Å². The monoisotopic (exact) mass is 293 g/mol. The third-order valence-electron chi connectivity index (χ3n) is 3.33. The highest BCUT2D eigenvalue weighted by atomic mass is 32.1. The van der Waals surface area contributed by atoms with Gasteiger partial charge in [-0.2, -0.15) is 4.98 Å². The van der Waals surface area contributed by atoms with Crippen LogP contribution in [0.5, 0.6) is 0 Å². The van der Waals surface area contributed by atoms with Crippen molar-refractivity contribution in [1.82, 2.24) is 9.97 Å². The van der Waals surface area contributed by atoms with Gasteiger partial charge < -0.3 is 4.90 Å². The highest BCUT2D eigenvalue weighted by molar-refractivity contribution is 7.16. The summed E-state index contributed by atoms with van der Waals surface area (Å²) in [4.78, 5) is 12.3. The zero-order valence-corrected chi connectivity index (χ0v) is 13.2. The van der Waals surface area contributed by atoms with Crippen LogP contribution in [0.15, 0.2) is 11.4 Å². The lowest BCUT2D eigenvalue weighted by atomic mass is 10.2. The minimum atomic E-state index is 0.399. The van der Waals surface area contributed by atoms with Gasteiger partial charge in [0.2, 0.25) is 5.95 Å². The predicted octanol–water partition coefficient (Wildman–Crippen LogP) is 3.38. The van der Waals surface area contributed by atoms with E-state index in [0.29, 0.717) is 12.0 Å². The Bertz CT molecular complexity index is 551. The van der Waals surface area contributed by atoms with Gasteiger partial charge in [-0.05, 0) is 31.7 Å². The van der Waals surface area contributed by atoms with E-state index in [1.165, 1.54) is 19.3 Å². The number of nitrogens with one attached hydrogen (secondary N) is 1. The molecule has 2 aromatic heterocycles. The second-order valence-corrected chi connectivity index (χ2v) is 6.04. The van der Waals surface area contributed by atoms with Crippen LogP contribution in [-0.4, -0.2) is 22.6 Å². The van der Waals surface area contributed by atoms with Crippen molar-refractivity contribution >= 4 is 33.3 Å². The normalized spacial score (nSPS) is 11.2. The van der Waals surface area contributed by atoms with E-state index in [9.17, 15) is 0 Å². The van der Waals surface area contributed by atoms with Gasteiger partial charge in [-0.3, -0.25) is 5.43 Å². The minimum absolute atomic E-state index is 0.399. The third-order valence-corrected chi connectivity index (χ3v) is 4.14. The fourth-order valence-electron chi connectivity index (χ4n) is 2.26. The van der Waals surface area contributed by atoms with Gasteiger partial charge in [-0.15, -0.1) is 11.3 Å². The number of fused-ring (bicyclic) bond motifs is 1. The number of hydrogen-bond donors (Lipinski definition) is 2. The van der Waals surface area contributed by atoms with Crippen molar-refractivity contribution in [3.63, 3.8) is 0 Å². The van der Waals surface area contributed by atoms with Gasteiger partial charge in [0.15, 0.2) is 0 Å². The summed E-state index contributed by atoms with van der Waals surface area (Å²) in [6.07, 6.45) is 3.64. The topological polar surface area (TPSA) is 67.1 Å². The fourth-order valence-corrected chi connectivity index (χ4v) is 3.02. The van der Waals surface area contributed by atoms with Crippen LogP contribution >= 0.6 is 11.3 Å². The number of rotatable bonds is 7. The maximum atomic E-state index is 5.49. The zero-order chi connectivity index (χ0) is 14.5. The van der Waals surface area contributed by atoms with Crippen molar-refractivity contribution in [2.24, 2.45) is 5.84 Å². The molecule has 0 amide bonds. The molecule has 6 heteroatoms. The molecule has 110 valence electrons. The predicted molar refractivity (Wildman–Crippen MR) is 87.2 cm³/mol. The number of nitrogens with two attached hydrogens (primary N) is 1. The average Bonchev–Trinajstić information content (AvgIpc) is 2.90. The summed E-state index contributed by atoms with van der Waals surface area (Å²) in [7, 11) is 0. The molecule has 0 bridgehead atoms. The molecule has 0 saturated heterocycles. The molecule has 0 aliphatic rings. The standard InChI is InChI=1S/C14H23N5S/c1-4-5-6-8-19(10(2)3)12-11-7-9-20-13(11)17-14(16-12)18-15/h7,9-10H,4-6,8,15H2,1-3H3,(H,16,17,18). The minimum Gasteiger partial charge on any atom is -0.353 e. The Morgan fingerprint density at radius 2 is 2.15 bits per heavy atom. The lowest BCUT2D eigenvalue weighted by Crippen LogP contribution is -2.33. The molecule has 2 aromatic rings. The average molecular weight is 293 g/mol. The lowest BCUT2D eigenvalue weighted by Gasteiger charge is -2.28. The number of hydrogen-bond acceptors (Lipinski definition) is 6. The number of nitrogens with zero attached hydrogens (tertiary/aromatic N) is 3. The summed E-state index contributed by atoms with van der Waals surface area (Å²) in [5.41, 5.74) is 2.57. The lowest BCUT2D eigenvalue weighted by molar-refractivity contribution is 0.621. The highest BCUT2D eigenvalue weighted by Crippen LogP contribution is 2.30. The summed E-state index contributed by atoms with van der Waals surface area (Å²) >= 11 is 1.62. The van der Waals surface area contributed by atoms with Gasteiger partial charge in [0.05, 0.1) is 5.39 Å². The SMILES string of the molecule is CCCCCN(c1nc(NN)nc2sccc12)C(C)C. The Morgan fingerprint density at radius 3 is 2.80 bits per heavy atom. The summed E-state index contributed by atoms with van der Waals surface area (Å²) < 4.78 is 0. The Balaban J connectivity index is 2.38. The summed E-state index contributed by atoms with van der Waals surface area (Å²) in [5.74, 6) is 6.95. The first kappa shape index (κ1) is 15.0. The van der Waals surface area contributed by atoms with Gasteiger partial charge in [0.1, 0.15) is 10.6 Å². The largest absolute Gasteiger partial charge is 0.353 e. The third kappa shape index (κ3) is 3.19. The molecule has 3 N–H and O–H groups in total. The van der Waals surface area contributed by atoms with E-state index >= 15 is 0 Å². The molecule has 2 heterocycles. The fraction of sp³-hybridized carbons (Fsp3) is 0.571. The molecule has 5 nitrogen and oxygen atoms in total. The summed E-state index contributed by atoms with van der Waals surface area (Å²) in [6, 6.07) is 2.49. The number of aromatic nitrogens is 2. The van der Waals surface area contributed by atoms with E-state index < -0.39 is 0 Å². The van der Waals surface area contributed by atoms with Gasteiger partial charge in [-0.1, -0.05) is 19.8 Å². The molecule has 0 saturated carbocycles. The van der Waals surface area contributed by atoms with Crippen LogP contribution in [0.2, 0.25) is 0 Å². The quantitative estimate of drug-likeness (QED) is 0.465. The number of hydrazine groups is 1. The van der Waals surface area contributed by atoms with Crippen molar-refractivity contribution < 1.29 is 0 Å². The van der Waals surface area contributed by atoms with Crippen LogP contribution < -0.4 is 16.2 Å². The number of nitrogen functional groups attached to an aromatic ring is 1. The van der Waals surface area contributed by atoms with E-state index in [4.69, 9.17) is 5.84 Å². The van der Waals surface area contributed by atoms with E-state index in [0.717, 1.165) is 22.6 Å². The maximum Gasteiger partial charge on any atom is 0.240 e. The van der Waals surface area contributed by atoms with Crippen LogP contribution in [0.25, 0.3) is 10.2 Å². The van der Waals surface area contributed by atoms with Crippen molar-refractivity contribution in [2.45, 2.75) is 46.1 Å². The van der Waals surface area contributed by atoms with E-state index in [1.54, 1.807) is 11.3 Å². The molecule has 20 heavy (non-hydrogen) atoms. The van der Waals surface area contributed by atoms with Gasteiger partial charge >= 0.3 is 0 Å². The first-order valence-electron chi connectivity index (χ1n) is 7.15. The molecule has 0 aliphatic carbocycles. The molecule has 0 aromatic carbocycles. The molecule has 0 atom stereocenters. The van der Waals surface area contributed by atoms with Gasteiger partial charge in [0.25, 0.3) is 0 Å². The Labute approximate surface area is 124 Å². The van der Waals surface area contributed by atoms with Crippen LogP contribution in [-0.2, 0) is 0 Å². The number of thiophene rings is 1. The zero-order valence-electron chi connectivity index (χ0n) is 12.4. The van der Waals surface area contributed by atoms with Crippen molar-refractivity contribution in [3.05, 3.63) is 11.4 Å². The molecule has 0 radical (unpaired) electrons. The molecule has 0 spiro atoms. The molecule has 0 aliphatic heterocycles. The second-order valence-electron chi connectivity index (χ2n) is 5.15. The van der Waals surface area contributed by atoms with Crippen LogP contribution in [0, 0.1) is 0 Å². The van der Waals surface area contributed by atoms with Crippen molar-refractivity contribution in [3.8, 4) is 0 Å². The first-order chi connectivity index (χ1) is 9.67. The van der Waals surface area contributed by atoms with E-state index in [-0.39, 0.29) is 0 Å². The Kier molecular flexibility index (Phi) is 5.14. The number of unbranched alkanes of at least 4 members (excludes halogenated alkanes) is 2. The van der Waals surface area contributed by atoms with Crippen LogP contribution in [0.1, 0.15) is 40.0 Å². The van der Waals surface area contributed by atoms with E-state index in [1.807, 2.05) is 5.38 Å². The summed E-state index contributed by atoms with van der Waals surface area (Å²) in [6.45, 7) is 7.62. The smallest absolute Gasteiger partial charge is 0.240 e. The molecule has 2 rings (SSSR count). The molecular weight excluding hydrogens is 270 g/mol. The van der Waals surface area contributed by atoms with Crippen LogP contribution in [0.4, 0.5) is 11.8 Å². The highest BCUT2D eigenvalue weighted by Gasteiger charge is 2.17. The Hall–Kier alpha value is -1.40. The van der Waals surface area contributed by atoms with Gasteiger partial charge in [0, 0.05) is 12.6 Å². The second kappa shape index (κ2) is 6.85. The van der Waals surface area contributed by atoms with Crippen LogP contribution in [0.3, 0.4) is 0 Å². The molecule has 0 unspecified atom stereocenters. The Morgan fingerprint density at radius 1 is 1.35 bits per heavy atom. The molecule has 0 fully saturated rings. The first-order valence-corrected chi connectivity index (χ1v) is 8.03. The molecular formula is C14H23N5S. The van der Waals surface area contributed by atoms with Crippen molar-refractivity contribution in [1.29, 1.82) is 0 Å². The summed E-state index contributed by atoms with van der Waals surface area (Å²) in [5, 5.41) is 3.16. The van der Waals surface area contributed by atoms with Crippen molar-refractivity contribution in [2.75, 3.05) is 16.9 Å².